The highest BCUT2D eigenvalue weighted by Gasteiger charge is 2.33. The fourth-order valence-corrected chi connectivity index (χ4v) is 1.88. The minimum atomic E-state index is -4.61. The minimum Gasteiger partial charge on any atom is -0.354 e. The SMILES string of the molecule is N#Cc1cc(Nc2cc(F)ccc2Cl)ccc1C(F)(F)F. The Labute approximate surface area is 122 Å². The van der Waals surface area contributed by atoms with Gasteiger partial charge >= 0.3 is 6.18 Å². The number of nitrogens with zero attached hydrogens (tertiary/aromatic N) is 1. The van der Waals surface area contributed by atoms with Crippen LogP contribution in [0.4, 0.5) is 28.9 Å². The van der Waals surface area contributed by atoms with Crippen molar-refractivity contribution in [2.45, 2.75) is 6.18 Å². The van der Waals surface area contributed by atoms with Crippen LogP contribution in [-0.2, 0) is 6.18 Å². The Morgan fingerprint density at radius 2 is 1.81 bits per heavy atom. The first-order chi connectivity index (χ1) is 9.81. The van der Waals surface area contributed by atoms with Crippen molar-refractivity contribution in [1.82, 2.24) is 0 Å². The average molecular weight is 315 g/mol. The molecule has 0 amide bonds. The molecule has 2 rings (SSSR count). The largest absolute Gasteiger partial charge is 0.417 e. The van der Waals surface area contributed by atoms with Crippen molar-refractivity contribution in [2.75, 3.05) is 5.32 Å². The molecule has 0 atom stereocenters. The van der Waals surface area contributed by atoms with Gasteiger partial charge in [-0.3, -0.25) is 0 Å². The van der Waals surface area contributed by atoms with Gasteiger partial charge in [-0.05, 0) is 36.4 Å². The van der Waals surface area contributed by atoms with Gasteiger partial charge in [0.1, 0.15) is 5.82 Å². The first-order valence-electron chi connectivity index (χ1n) is 5.64. The third-order valence-electron chi connectivity index (χ3n) is 2.65. The number of rotatable bonds is 2. The molecule has 7 heteroatoms. The Balaban J connectivity index is 2.39. The zero-order chi connectivity index (χ0) is 15.6. The van der Waals surface area contributed by atoms with E-state index in [-0.39, 0.29) is 16.4 Å². The Bertz CT molecular complexity index is 720. The molecule has 1 N–H and O–H groups in total. The second kappa shape index (κ2) is 5.62. The van der Waals surface area contributed by atoms with Crippen LogP contribution in [-0.4, -0.2) is 0 Å². The van der Waals surface area contributed by atoms with Crippen LogP contribution in [0.3, 0.4) is 0 Å². The molecule has 2 nitrogen and oxygen atoms in total. The van der Waals surface area contributed by atoms with Gasteiger partial charge in [0.05, 0.1) is 27.9 Å². The molecule has 2 aromatic carbocycles. The normalized spacial score (nSPS) is 11.0. The number of alkyl halides is 3. The Hall–Kier alpha value is -2.26. The van der Waals surface area contributed by atoms with Crippen molar-refractivity contribution in [3.05, 3.63) is 58.4 Å². The van der Waals surface area contributed by atoms with E-state index in [0.29, 0.717) is 0 Å². The van der Waals surface area contributed by atoms with Gasteiger partial charge < -0.3 is 5.32 Å². The molecule has 0 saturated heterocycles. The molecular formula is C14H7ClF4N2. The number of nitrogens with one attached hydrogen (secondary N) is 1. The van der Waals surface area contributed by atoms with Crippen LogP contribution in [0, 0.1) is 17.1 Å². The maximum atomic E-state index is 13.1. The van der Waals surface area contributed by atoms with Crippen molar-refractivity contribution in [3.8, 4) is 6.07 Å². The lowest BCUT2D eigenvalue weighted by molar-refractivity contribution is -0.137. The van der Waals surface area contributed by atoms with E-state index in [1.807, 2.05) is 0 Å². The van der Waals surface area contributed by atoms with Crippen molar-refractivity contribution < 1.29 is 17.6 Å². The number of benzene rings is 2. The van der Waals surface area contributed by atoms with E-state index >= 15 is 0 Å². The molecule has 0 aliphatic heterocycles. The first kappa shape index (κ1) is 15.1. The van der Waals surface area contributed by atoms with E-state index in [1.54, 1.807) is 0 Å². The quantitative estimate of drug-likeness (QED) is 0.782. The topological polar surface area (TPSA) is 35.8 Å². The highest BCUT2D eigenvalue weighted by atomic mass is 35.5. The summed E-state index contributed by atoms with van der Waals surface area (Å²) in [6.45, 7) is 0. The fraction of sp³-hybridized carbons (Fsp3) is 0.0714. The second-order valence-electron chi connectivity index (χ2n) is 4.12. The summed E-state index contributed by atoms with van der Waals surface area (Å²) in [6, 6.07) is 8.02. The van der Waals surface area contributed by atoms with Crippen LogP contribution in [0.2, 0.25) is 5.02 Å². The zero-order valence-electron chi connectivity index (χ0n) is 10.3. The van der Waals surface area contributed by atoms with Gasteiger partial charge in [0, 0.05) is 5.69 Å². The van der Waals surface area contributed by atoms with E-state index in [4.69, 9.17) is 16.9 Å². The summed E-state index contributed by atoms with van der Waals surface area (Å²) in [6.07, 6.45) is -4.61. The number of anilines is 2. The summed E-state index contributed by atoms with van der Waals surface area (Å²) in [5, 5.41) is 11.7. The smallest absolute Gasteiger partial charge is 0.354 e. The predicted octanol–water partition coefficient (Wildman–Crippen LogP) is 5.11. The summed E-state index contributed by atoms with van der Waals surface area (Å²) in [5.41, 5.74) is -1.16. The summed E-state index contributed by atoms with van der Waals surface area (Å²) < 4.78 is 51.1. The molecule has 0 bridgehead atoms. The Morgan fingerprint density at radius 3 is 2.43 bits per heavy atom. The number of hydrogen-bond donors (Lipinski definition) is 1. The molecule has 0 heterocycles. The first-order valence-corrected chi connectivity index (χ1v) is 6.02. The van der Waals surface area contributed by atoms with Gasteiger partial charge in [-0.25, -0.2) is 4.39 Å². The number of halogens is 5. The second-order valence-corrected chi connectivity index (χ2v) is 4.53. The lowest BCUT2D eigenvalue weighted by atomic mass is 10.1. The third kappa shape index (κ3) is 3.44. The van der Waals surface area contributed by atoms with Crippen molar-refractivity contribution in [3.63, 3.8) is 0 Å². The molecule has 2 aromatic rings. The molecular weight excluding hydrogens is 308 g/mol. The molecule has 108 valence electrons. The molecule has 0 aliphatic carbocycles. The lowest BCUT2D eigenvalue weighted by Gasteiger charge is -2.12. The summed E-state index contributed by atoms with van der Waals surface area (Å²) in [7, 11) is 0. The maximum Gasteiger partial charge on any atom is 0.417 e. The molecule has 21 heavy (non-hydrogen) atoms. The Kier molecular flexibility index (Phi) is 4.05. The van der Waals surface area contributed by atoms with E-state index in [1.165, 1.54) is 12.1 Å². The standard InChI is InChI=1S/C14H7ClF4N2/c15-12-4-1-9(16)6-13(12)21-10-2-3-11(14(17,18)19)8(5-10)7-20/h1-6,21H. The Morgan fingerprint density at radius 1 is 1.10 bits per heavy atom. The van der Waals surface area contributed by atoms with Gasteiger partial charge in [0.25, 0.3) is 0 Å². The lowest BCUT2D eigenvalue weighted by Crippen LogP contribution is -2.08. The van der Waals surface area contributed by atoms with Gasteiger partial charge in [-0.1, -0.05) is 11.6 Å². The van der Waals surface area contributed by atoms with Crippen LogP contribution in [0.5, 0.6) is 0 Å². The molecule has 0 aromatic heterocycles. The van der Waals surface area contributed by atoms with Crippen LogP contribution in [0.1, 0.15) is 11.1 Å². The van der Waals surface area contributed by atoms with Gasteiger partial charge in [-0.2, -0.15) is 18.4 Å². The minimum absolute atomic E-state index is 0.195. The van der Waals surface area contributed by atoms with Gasteiger partial charge in [0.15, 0.2) is 0 Å². The molecule has 0 unspecified atom stereocenters. The molecule has 0 radical (unpaired) electrons. The summed E-state index contributed by atoms with van der Waals surface area (Å²) >= 11 is 5.85. The molecule has 0 fully saturated rings. The monoisotopic (exact) mass is 314 g/mol. The average Bonchev–Trinajstić information content (AvgIpc) is 2.41. The van der Waals surface area contributed by atoms with Crippen LogP contribution in [0.25, 0.3) is 0 Å². The zero-order valence-corrected chi connectivity index (χ0v) is 11.1. The fourth-order valence-electron chi connectivity index (χ4n) is 1.71. The van der Waals surface area contributed by atoms with Crippen LogP contribution in [0.15, 0.2) is 36.4 Å². The molecule has 0 spiro atoms. The highest BCUT2D eigenvalue weighted by Crippen LogP contribution is 2.34. The number of hydrogen-bond acceptors (Lipinski definition) is 2. The van der Waals surface area contributed by atoms with Gasteiger partial charge in [0.2, 0.25) is 0 Å². The van der Waals surface area contributed by atoms with E-state index < -0.39 is 23.1 Å². The van der Waals surface area contributed by atoms with E-state index in [0.717, 1.165) is 30.3 Å². The predicted molar refractivity (Wildman–Crippen MR) is 70.9 cm³/mol. The third-order valence-corrected chi connectivity index (χ3v) is 2.98. The van der Waals surface area contributed by atoms with Crippen LogP contribution >= 0.6 is 11.6 Å². The molecule has 0 saturated carbocycles. The van der Waals surface area contributed by atoms with Crippen molar-refractivity contribution in [2.24, 2.45) is 0 Å². The van der Waals surface area contributed by atoms with Crippen molar-refractivity contribution in [1.29, 1.82) is 5.26 Å². The van der Waals surface area contributed by atoms with Crippen molar-refractivity contribution >= 4 is 23.0 Å². The van der Waals surface area contributed by atoms with E-state index in [2.05, 4.69) is 5.32 Å². The van der Waals surface area contributed by atoms with Gasteiger partial charge in [-0.15, -0.1) is 0 Å². The summed E-state index contributed by atoms with van der Waals surface area (Å²) in [5.74, 6) is -0.547. The molecule has 0 aliphatic rings. The number of nitriles is 1. The van der Waals surface area contributed by atoms with Crippen LogP contribution < -0.4 is 5.32 Å². The van der Waals surface area contributed by atoms with E-state index in [9.17, 15) is 17.6 Å². The maximum absolute atomic E-state index is 13.1. The summed E-state index contributed by atoms with van der Waals surface area (Å²) in [4.78, 5) is 0. The highest BCUT2D eigenvalue weighted by molar-refractivity contribution is 6.33.